The Hall–Kier alpha value is -3.35. The predicted octanol–water partition coefficient (Wildman–Crippen LogP) is 4.02. The second-order valence-corrected chi connectivity index (χ2v) is 10.5. The zero-order valence-corrected chi connectivity index (χ0v) is 19.6. The van der Waals surface area contributed by atoms with Crippen LogP contribution in [0.25, 0.3) is 11.1 Å². The van der Waals surface area contributed by atoms with E-state index in [0.29, 0.717) is 13.0 Å². The molecule has 2 N–H and O–H groups in total. The second kappa shape index (κ2) is 8.70. The number of carboxylic acid groups (broad SMARTS) is 1. The third-order valence-corrected chi connectivity index (χ3v) is 8.57. The minimum atomic E-state index is -0.783. The molecule has 2 heterocycles. The number of alkyl carbamates (subject to hydrolysis) is 1. The van der Waals surface area contributed by atoms with E-state index < -0.39 is 12.1 Å². The van der Waals surface area contributed by atoms with E-state index in [1.54, 1.807) is 4.90 Å². The van der Waals surface area contributed by atoms with Crippen LogP contribution in [0.2, 0.25) is 0 Å². The number of fused-ring (bicyclic) bond motifs is 4. The average Bonchev–Trinajstić information content (AvgIpc) is 3.59. The Morgan fingerprint density at radius 2 is 1.66 bits per heavy atom. The van der Waals surface area contributed by atoms with Crippen molar-refractivity contribution < 1.29 is 24.2 Å². The minimum Gasteiger partial charge on any atom is -0.481 e. The monoisotopic (exact) mass is 474 g/mol. The first-order chi connectivity index (χ1) is 17.0. The van der Waals surface area contributed by atoms with Gasteiger partial charge in [0.1, 0.15) is 6.61 Å². The number of aliphatic carboxylic acids is 1. The number of nitrogens with zero attached hydrogens (tertiary/aromatic N) is 1. The van der Waals surface area contributed by atoms with Crippen molar-refractivity contribution in [3.8, 4) is 11.1 Å². The standard InChI is InChI=1S/C28H30N2O5/c31-25(30-14-17-13-24(30)26(17)27(32)33)12-16-9-10-18(11-16)29-28(34)35-15-23-21-7-3-1-5-19(21)20-6-2-4-8-22(20)23/h1-8,16-18,23-24,26H,9-15H2,(H,29,34)(H,32,33). The topological polar surface area (TPSA) is 95.9 Å². The molecule has 182 valence electrons. The molecule has 2 aliphatic heterocycles. The molecule has 7 rings (SSSR count). The maximum Gasteiger partial charge on any atom is 0.407 e. The average molecular weight is 475 g/mol. The van der Waals surface area contributed by atoms with Gasteiger partial charge >= 0.3 is 12.1 Å². The molecule has 2 aromatic carbocycles. The van der Waals surface area contributed by atoms with Crippen molar-refractivity contribution in [2.45, 2.75) is 50.1 Å². The molecule has 35 heavy (non-hydrogen) atoms. The van der Waals surface area contributed by atoms with E-state index in [4.69, 9.17) is 4.74 Å². The second-order valence-electron chi connectivity index (χ2n) is 10.5. The van der Waals surface area contributed by atoms with Crippen LogP contribution in [-0.4, -0.2) is 53.2 Å². The molecule has 2 bridgehead atoms. The van der Waals surface area contributed by atoms with E-state index in [0.717, 1.165) is 25.7 Å². The third-order valence-electron chi connectivity index (χ3n) is 8.57. The summed E-state index contributed by atoms with van der Waals surface area (Å²) in [5.41, 5.74) is 4.77. The van der Waals surface area contributed by atoms with Crippen LogP contribution >= 0.6 is 0 Å². The first kappa shape index (κ1) is 22.1. The van der Waals surface area contributed by atoms with E-state index in [1.807, 2.05) is 24.3 Å². The molecule has 5 unspecified atom stereocenters. The van der Waals surface area contributed by atoms with Crippen LogP contribution in [0.1, 0.15) is 49.1 Å². The lowest BCUT2D eigenvalue weighted by Crippen LogP contribution is -2.45. The summed E-state index contributed by atoms with van der Waals surface area (Å²) >= 11 is 0. The fraction of sp³-hybridized carbons (Fsp3) is 0.464. The molecule has 2 amide bonds. The van der Waals surface area contributed by atoms with Crippen molar-refractivity contribution in [2.24, 2.45) is 17.8 Å². The number of hydrogen-bond donors (Lipinski definition) is 2. The highest BCUT2D eigenvalue weighted by Gasteiger charge is 2.57. The number of benzene rings is 2. The van der Waals surface area contributed by atoms with Crippen LogP contribution in [0.5, 0.6) is 0 Å². The van der Waals surface area contributed by atoms with Gasteiger partial charge in [-0.05, 0) is 59.8 Å². The Balaban J connectivity index is 0.994. The van der Waals surface area contributed by atoms with Crippen molar-refractivity contribution in [3.05, 3.63) is 59.7 Å². The summed E-state index contributed by atoms with van der Waals surface area (Å²) in [4.78, 5) is 38.6. The van der Waals surface area contributed by atoms with Crippen molar-refractivity contribution in [1.29, 1.82) is 0 Å². The maximum atomic E-state index is 12.8. The number of rotatable bonds is 6. The molecule has 5 aliphatic rings. The molecule has 7 nitrogen and oxygen atoms in total. The van der Waals surface area contributed by atoms with Gasteiger partial charge in [-0.3, -0.25) is 9.59 Å². The summed E-state index contributed by atoms with van der Waals surface area (Å²) in [6, 6.07) is 16.4. The SMILES string of the molecule is O=C(NC1CCC(CC(=O)N2CC3CC2C3C(=O)O)C1)OCC1c2ccccc2-c2ccccc21. The third kappa shape index (κ3) is 3.87. The van der Waals surface area contributed by atoms with Gasteiger partial charge < -0.3 is 20.1 Å². The summed E-state index contributed by atoms with van der Waals surface area (Å²) < 4.78 is 5.67. The lowest BCUT2D eigenvalue weighted by Gasteiger charge is -2.33. The smallest absolute Gasteiger partial charge is 0.407 e. The zero-order chi connectivity index (χ0) is 24.1. The van der Waals surface area contributed by atoms with E-state index in [1.165, 1.54) is 22.3 Å². The fourth-order valence-electron chi connectivity index (χ4n) is 6.83. The molecule has 0 spiro atoms. The maximum absolute atomic E-state index is 12.8. The van der Waals surface area contributed by atoms with Gasteiger partial charge in [-0.2, -0.15) is 0 Å². The molecular formula is C28H30N2O5. The molecule has 3 aliphatic carbocycles. The van der Waals surface area contributed by atoms with Gasteiger partial charge in [0, 0.05) is 31.0 Å². The van der Waals surface area contributed by atoms with Crippen LogP contribution in [0.15, 0.2) is 48.5 Å². The molecule has 0 aromatic heterocycles. The van der Waals surface area contributed by atoms with Crippen LogP contribution in [0, 0.1) is 17.8 Å². The molecular weight excluding hydrogens is 444 g/mol. The summed E-state index contributed by atoms with van der Waals surface area (Å²) in [6.45, 7) is 0.866. The van der Waals surface area contributed by atoms with E-state index in [9.17, 15) is 19.5 Å². The quantitative estimate of drug-likeness (QED) is 0.659. The predicted molar refractivity (Wildman–Crippen MR) is 129 cm³/mol. The van der Waals surface area contributed by atoms with Gasteiger partial charge in [-0.15, -0.1) is 0 Å². The van der Waals surface area contributed by atoms with E-state index >= 15 is 0 Å². The van der Waals surface area contributed by atoms with Gasteiger partial charge in [-0.1, -0.05) is 48.5 Å². The highest BCUT2D eigenvalue weighted by Crippen LogP contribution is 2.47. The number of nitrogens with one attached hydrogen (secondary N) is 1. The number of ether oxygens (including phenoxy) is 1. The van der Waals surface area contributed by atoms with Crippen LogP contribution in [0.3, 0.4) is 0 Å². The van der Waals surface area contributed by atoms with Gasteiger partial charge in [0.15, 0.2) is 0 Å². The summed E-state index contributed by atoms with van der Waals surface area (Å²) in [5, 5.41) is 12.3. The highest BCUT2D eigenvalue weighted by molar-refractivity contribution is 5.81. The first-order valence-electron chi connectivity index (χ1n) is 12.6. The normalized spacial score (nSPS) is 28.2. The molecule has 0 radical (unpaired) electrons. The number of amides is 2. The van der Waals surface area contributed by atoms with Gasteiger partial charge in [0.2, 0.25) is 5.91 Å². The molecule has 2 saturated carbocycles. The molecule has 7 heteroatoms. The molecule has 4 fully saturated rings. The van der Waals surface area contributed by atoms with Gasteiger partial charge in [0.05, 0.1) is 5.92 Å². The Labute approximate surface area is 204 Å². The van der Waals surface area contributed by atoms with Crippen molar-refractivity contribution in [3.63, 3.8) is 0 Å². The molecule has 2 aromatic rings. The van der Waals surface area contributed by atoms with Crippen molar-refractivity contribution >= 4 is 18.0 Å². The Kier molecular flexibility index (Phi) is 5.50. The Bertz CT molecular complexity index is 1130. The lowest BCUT2D eigenvalue weighted by atomic mass is 9.74. The summed E-state index contributed by atoms with van der Waals surface area (Å²) in [5.74, 6) is -0.743. The molecule has 2 saturated heterocycles. The number of carbonyl (C=O) groups excluding carboxylic acids is 2. The number of carbonyl (C=O) groups is 3. The lowest BCUT2D eigenvalue weighted by molar-refractivity contribution is -0.148. The molecule has 5 atom stereocenters. The van der Waals surface area contributed by atoms with Crippen LogP contribution in [-0.2, 0) is 14.3 Å². The van der Waals surface area contributed by atoms with Gasteiger partial charge in [0.25, 0.3) is 0 Å². The first-order valence-corrected chi connectivity index (χ1v) is 12.6. The minimum absolute atomic E-state index is 0.00229. The highest BCUT2D eigenvalue weighted by atomic mass is 16.5. The summed E-state index contributed by atoms with van der Waals surface area (Å²) in [6.07, 6.45) is 3.29. The van der Waals surface area contributed by atoms with Crippen LogP contribution < -0.4 is 5.32 Å². The largest absolute Gasteiger partial charge is 0.481 e. The van der Waals surface area contributed by atoms with Gasteiger partial charge in [-0.25, -0.2) is 4.79 Å². The number of carboxylic acids is 1. The van der Waals surface area contributed by atoms with Crippen LogP contribution in [0.4, 0.5) is 4.79 Å². The number of hydrogen-bond acceptors (Lipinski definition) is 4. The Morgan fingerprint density at radius 1 is 0.971 bits per heavy atom. The Morgan fingerprint density at radius 3 is 2.31 bits per heavy atom. The van der Waals surface area contributed by atoms with Crippen molar-refractivity contribution in [2.75, 3.05) is 13.2 Å². The van der Waals surface area contributed by atoms with Crippen molar-refractivity contribution in [1.82, 2.24) is 10.2 Å². The fourth-order valence-corrected chi connectivity index (χ4v) is 6.83. The summed E-state index contributed by atoms with van der Waals surface area (Å²) in [7, 11) is 0. The zero-order valence-electron chi connectivity index (χ0n) is 19.6. The van der Waals surface area contributed by atoms with E-state index in [2.05, 4.69) is 29.6 Å². The van der Waals surface area contributed by atoms with E-state index in [-0.39, 0.29) is 48.3 Å².